The summed E-state index contributed by atoms with van der Waals surface area (Å²) in [6.07, 6.45) is 0.971. The molecule has 0 bridgehead atoms. The lowest BCUT2D eigenvalue weighted by Crippen LogP contribution is -2.21. The first-order valence-corrected chi connectivity index (χ1v) is 7.92. The van der Waals surface area contributed by atoms with Gasteiger partial charge in [0.1, 0.15) is 10.0 Å². The van der Waals surface area contributed by atoms with E-state index in [-0.39, 0.29) is 11.5 Å². The van der Waals surface area contributed by atoms with Gasteiger partial charge in [-0.3, -0.25) is 0 Å². The molecular formula is C16H23N3S. The number of hydrogen-bond donors (Lipinski definition) is 1. The minimum atomic E-state index is 0.146. The number of hydrogen-bond acceptors (Lipinski definition) is 4. The lowest BCUT2D eigenvalue weighted by Gasteiger charge is -2.16. The minimum Gasteiger partial charge on any atom is -0.304 e. The summed E-state index contributed by atoms with van der Waals surface area (Å²) in [5, 5.41) is 14.4. The average Bonchev–Trinajstić information content (AvgIpc) is 2.83. The highest BCUT2D eigenvalue weighted by Crippen LogP contribution is 2.28. The molecule has 0 fully saturated rings. The molecule has 2 rings (SSSR count). The van der Waals surface area contributed by atoms with Crippen LogP contribution in [0.5, 0.6) is 0 Å². The van der Waals surface area contributed by atoms with E-state index in [1.54, 1.807) is 11.3 Å². The van der Waals surface area contributed by atoms with E-state index in [2.05, 4.69) is 67.5 Å². The van der Waals surface area contributed by atoms with Crippen molar-refractivity contribution in [3.05, 3.63) is 45.9 Å². The van der Waals surface area contributed by atoms with Crippen LogP contribution in [0.15, 0.2) is 30.3 Å². The van der Waals surface area contributed by atoms with Gasteiger partial charge in [-0.1, -0.05) is 69.4 Å². The topological polar surface area (TPSA) is 37.8 Å². The van der Waals surface area contributed by atoms with E-state index in [4.69, 9.17) is 0 Å². The first kappa shape index (κ1) is 15.1. The van der Waals surface area contributed by atoms with Crippen LogP contribution in [-0.2, 0) is 6.42 Å². The summed E-state index contributed by atoms with van der Waals surface area (Å²) in [5.74, 6) is 0. The summed E-state index contributed by atoms with van der Waals surface area (Å²) in [5.41, 5.74) is 1.49. The predicted molar refractivity (Wildman–Crippen MR) is 85.0 cm³/mol. The third-order valence-corrected chi connectivity index (χ3v) is 3.94. The summed E-state index contributed by atoms with van der Waals surface area (Å²) in [7, 11) is 0. The normalized spacial score (nSPS) is 13.4. The van der Waals surface area contributed by atoms with E-state index >= 15 is 0 Å². The fraction of sp³-hybridized carbons (Fsp3) is 0.500. The minimum absolute atomic E-state index is 0.146. The highest BCUT2D eigenvalue weighted by Gasteiger charge is 2.20. The molecule has 1 N–H and O–H groups in total. The number of aromatic nitrogens is 2. The Bertz CT molecular complexity index is 528. The predicted octanol–water partition coefficient (Wildman–Crippen LogP) is 3.83. The molecule has 0 saturated carbocycles. The van der Waals surface area contributed by atoms with Crippen molar-refractivity contribution < 1.29 is 0 Å². The second-order valence-corrected chi connectivity index (χ2v) is 7.27. The Kier molecular flexibility index (Phi) is 4.89. The molecule has 1 heterocycles. The number of nitrogens with one attached hydrogen (secondary N) is 1. The van der Waals surface area contributed by atoms with Gasteiger partial charge in [0.05, 0.1) is 6.04 Å². The zero-order chi connectivity index (χ0) is 14.6. The van der Waals surface area contributed by atoms with Crippen molar-refractivity contribution in [1.82, 2.24) is 15.5 Å². The highest BCUT2D eigenvalue weighted by molar-refractivity contribution is 7.11. The number of nitrogens with zero attached hydrogens (tertiary/aromatic N) is 2. The largest absolute Gasteiger partial charge is 0.304 e. The quantitative estimate of drug-likeness (QED) is 0.909. The Morgan fingerprint density at radius 1 is 1.15 bits per heavy atom. The summed E-state index contributed by atoms with van der Waals surface area (Å²) in [4.78, 5) is 0. The Hall–Kier alpha value is -1.26. The molecule has 1 aromatic heterocycles. The van der Waals surface area contributed by atoms with Crippen molar-refractivity contribution >= 4 is 11.3 Å². The van der Waals surface area contributed by atoms with Gasteiger partial charge in [-0.15, -0.1) is 10.2 Å². The van der Waals surface area contributed by atoms with Crippen molar-refractivity contribution in [2.45, 2.75) is 40.2 Å². The summed E-state index contributed by atoms with van der Waals surface area (Å²) in [6.45, 7) is 9.72. The van der Waals surface area contributed by atoms with Gasteiger partial charge in [0, 0.05) is 6.42 Å². The van der Waals surface area contributed by atoms with Crippen LogP contribution in [0.4, 0.5) is 0 Å². The van der Waals surface area contributed by atoms with Crippen molar-refractivity contribution in [2.75, 3.05) is 6.54 Å². The lowest BCUT2D eigenvalue weighted by molar-refractivity contribution is 0.409. The molecule has 1 unspecified atom stereocenters. The van der Waals surface area contributed by atoms with Gasteiger partial charge in [-0.05, 0) is 17.5 Å². The van der Waals surface area contributed by atoms with Gasteiger partial charge >= 0.3 is 0 Å². The van der Waals surface area contributed by atoms with E-state index in [0.717, 1.165) is 23.0 Å². The molecule has 0 aliphatic rings. The molecule has 3 nitrogen and oxygen atoms in total. The molecule has 20 heavy (non-hydrogen) atoms. The first-order valence-electron chi connectivity index (χ1n) is 7.10. The fourth-order valence-electron chi connectivity index (χ4n) is 2.11. The van der Waals surface area contributed by atoms with Crippen LogP contribution < -0.4 is 5.32 Å². The molecule has 0 radical (unpaired) electrons. The van der Waals surface area contributed by atoms with Gasteiger partial charge in [-0.25, -0.2) is 0 Å². The smallest absolute Gasteiger partial charge is 0.139 e. The van der Waals surface area contributed by atoms with Gasteiger partial charge in [0.15, 0.2) is 0 Å². The van der Waals surface area contributed by atoms with Crippen molar-refractivity contribution in [1.29, 1.82) is 0 Å². The third kappa shape index (κ3) is 4.12. The highest BCUT2D eigenvalue weighted by atomic mass is 32.1. The second-order valence-electron chi connectivity index (χ2n) is 6.17. The Morgan fingerprint density at radius 3 is 2.45 bits per heavy atom. The molecule has 0 aliphatic carbocycles. The average molecular weight is 289 g/mol. The standard InChI is InChI=1S/C16H23N3S/c1-5-17-14(12-9-7-6-8-10-12)15-19-18-13(20-15)11-16(2,3)4/h6-10,14,17H,5,11H2,1-4H3. The molecule has 4 heteroatoms. The first-order chi connectivity index (χ1) is 9.49. The second kappa shape index (κ2) is 6.46. The molecule has 0 spiro atoms. The van der Waals surface area contributed by atoms with E-state index in [0.29, 0.717) is 0 Å². The van der Waals surface area contributed by atoms with E-state index < -0.39 is 0 Å². The summed E-state index contributed by atoms with van der Waals surface area (Å²) < 4.78 is 0. The fourth-order valence-corrected chi connectivity index (χ4v) is 3.35. The van der Waals surface area contributed by atoms with Crippen molar-refractivity contribution in [3.8, 4) is 0 Å². The van der Waals surface area contributed by atoms with Crippen molar-refractivity contribution in [3.63, 3.8) is 0 Å². The summed E-state index contributed by atoms with van der Waals surface area (Å²) >= 11 is 1.72. The van der Waals surface area contributed by atoms with Gasteiger partial charge < -0.3 is 5.32 Å². The Morgan fingerprint density at radius 2 is 1.85 bits per heavy atom. The van der Waals surface area contributed by atoms with Crippen LogP contribution in [0.25, 0.3) is 0 Å². The van der Waals surface area contributed by atoms with Crippen LogP contribution in [-0.4, -0.2) is 16.7 Å². The van der Waals surface area contributed by atoms with Gasteiger partial charge in [-0.2, -0.15) is 0 Å². The summed E-state index contributed by atoms with van der Waals surface area (Å²) in [6, 6.07) is 10.6. The zero-order valence-corrected chi connectivity index (χ0v) is 13.5. The Balaban J connectivity index is 2.22. The van der Waals surface area contributed by atoms with E-state index in [9.17, 15) is 0 Å². The maximum absolute atomic E-state index is 4.40. The lowest BCUT2D eigenvalue weighted by atomic mass is 9.93. The van der Waals surface area contributed by atoms with E-state index in [1.807, 2.05) is 6.07 Å². The zero-order valence-electron chi connectivity index (χ0n) is 12.7. The third-order valence-electron chi connectivity index (χ3n) is 2.95. The van der Waals surface area contributed by atoms with Gasteiger partial charge in [0.2, 0.25) is 0 Å². The monoisotopic (exact) mass is 289 g/mol. The van der Waals surface area contributed by atoms with E-state index in [1.165, 1.54) is 5.56 Å². The molecule has 2 aromatic rings. The van der Waals surface area contributed by atoms with Crippen LogP contribution in [0.2, 0.25) is 0 Å². The van der Waals surface area contributed by atoms with Crippen LogP contribution in [0, 0.1) is 5.41 Å². The maximum Gasteiger partial charge on any atom is 0.139 e. The van der Waals surface area contributed by atoms with Gasteiger partial charge in [0.25, 0.3) is 0 Å². The molecule has 108 valence electrons. The SMILES string of the molecule is CCNC(c1ccccc1)c1nnc(CC(C)(C)C)s1. The molecule has 1 aromatic carbocycles. The van der Waals surface area contributed by atoms with Crippen LogP contribution in [0.1, 0.15) is 49.3 Å². The number of rotatable bonds is 5. The maximum atomic E-state index is 4.40. The Labute approximate surface area is 125 Å². The molecule has 1 atom stereocenters. The van der Waals surface area contributed by atoms with Crippen LogP contribution >= 0.6 is 11.3 Å². The number of benzene rings is 1. The van der Waals surface area contributed by atoms with Crippen molar-refractivity contribution in [2.24, 2.45) is 5.41 Å². The molecule has 0 saturated heterocycles. The molecular weight excluding hydrogens is 266 g/mol. The molecule has 0 amide bonds. The molecule has 0 aliphatic heterocycles. The van der Waals surface area contributed by atoms with Crippen LogP contribution in [0.3, 0.4) is 0 Å².